The molecule has 0 aromatic heterocycles. The number of alkyl halides is 5. The maximum atomic E-state index is 13.4. The zero-order chi connectivity index (χ0) is 11.5. The summed E-state index contributed by atoms with van der Waals surface area (Å²) in [6.07, 6.45) is 0. The van der Waals surface area contributed by atoms with Crippen molar-refractivity contribution in [3.05, 3.63) is 35.9 Å². The van der Waals surface area contributed by atoms with E-state index >= 15 is 0 Å². The number of hydrogen-bond acceptors (Lipinski definition) is 1. The van der Waals surface area contributed by atoms with Crippen molar-refractivity contribution in [3.8, 4) is 0 Å². The molecule has 0 radical (unpaired) electrons. The summed E-state index contributed by atoms with van der Waals surface area (Å²) in [5.74, 6) is 0.186. The van der Waals surface area contributed by atoms with Gasteiger partial charge in [-0.25, -0.2) is 8.78 Å². The Kier molecular flexibility index (Phi) is 4.53. The summed E-state index contributed by atoms with van der Waals surface area (Å²) in [6, 6.07) is 8.92. The van der Waals surface area contributed by atoms with Gasteiger partial charge in [0.05, 0.1) is 0 Å². The van der Waals surface area contributed by atoms with Crippen LogP contribution in [-0.4, -0.2) is 9.05 Å². The Hall–Kier alpha value is 0.300. The highest BCUT2D eigenvalue weighted by Gasteiger charge is 2.50. The van der Waals surface area contributed by atoms with Gasteiger partial charge in [-0.05, 0) is 5.56 Å². The van der Waals surface area contributed by atoms with E-state index < -0.39 is 9.05 Å². The molecule has 0 saturated carbocycles. The second-order valence-electron chi connectivity index (χ2n) is 2.79. The molecular weight excluding hydrogens is 285 g/mol. The van der Waals surface area contributed by atoms with Crippen molar-refractivity contribution in [2.24, 2.45) is 0 Å². The van der Waals surface area contributed by atoms with Crippen LogP contribution in [0.25, 0.3) is 0 Å². The SMILES string of the molecule is FC(Cl)(Cl)C(F)(Cl)SCc1ccccc1. The number of thioether (sulfide) groups is 1. The first-order valence-electron chi connectivity index (χ1n) is 3.95. The Balaban J connectivity index is 2.58. The average Bonchev–Trinajstić information content (AvgIpc) is 2.15. The second kappa shape index (κ2) is 5.09. The Morgan fingerprint density at radius 3 is 2.07 bits per heavy atom. The zero-order valence-electron chi connectivity index (χ0n) is 7.39. The summed E-state index contributed by atoms with van der Waals surface area (Å²) < 4.78 is 20.3. The fraction of sp³-hybridized carbons (Fsp3) is 0.333. The van der Waals surface area contributed by atoms with Crippen molar-refractivity contribution < 1.29 is 8.78 Å². The van der Waals surface area contributed by atoms with Gasteiger partial charge in [-0.15, -0.1) is 0 Å². The Morgan fingerprint density at radius 2 is 1.60 bits per heavy atom. The normalized spacial score (nSPS) is 16.1. The van der Waals surface area contributed by atoms with Crippen molar-refractivity contribution in [3.63, 3.8) is 0 Å². The molecule has 0 aliphatic rings. The Bertz CT molecular complexity index is 311. The first kappa shape index (κ1) is 13.4. The highest BCUT2D eigenvalue weighted by molar-refractivity contribution is 8.01. The van der Waals surface area contributed by atoms with Crippen molar-refractivity contribution in [2.45, 2.75) is 14.8 Å². The summed E-state index contributed by atoms with van der Waals surface area (Å²) in [7, 11) is 0. The van der Waals surface area contributed by atoms with Gasteiger partial charge in [0.15, 0.2) is 0 Å². The minimum absolute atomic E-state index is 0.186. The minimum Gasteiger partial charge on any atom is -0.207 e. The van der Waals surface area contributed by atoms with Crippen molar-refractivity contribution >= 4 is 46.6 Å². The minimum atomic E-state index is -3.12. The van der Waals surface area contributed by atoms with Crippen molar-refractivity contribution in [2.75, 3.05) is 0 Å². The number of rotatable bonds is 4. The topological polar surface area (TPSA) is 0 Å². The Labute approximate surface area is 106 Å². The third-order valence-electron chi connectivity index (χ3n) is 1.59. The van der Waals surface area contributed by atoms with E-state index in [2.05, 4.69) is 0 Å². The fourth-order valence-electron chi connectivity index (χ4n) is 0.830. The van der Waals surface area contributed by atoms with Crippen LogP contribution in [0.2, 0.25) is 0 Å². The van der Waals surface area contributed by atoms with Crippen LogP contribution < -0.4 is 0 Å². The molecule has 0 aliphatic carbocycles. The molecule has 0 nitrogen and oxygen atoms in total. The second-order valence-corrected chi connectivity index (χ2v) is 5.91. The molecule has 1 aromatic rings. The van der Waals surface area contributed by atoms with Crippen LogP contribution in [0.5, 0.6) is 0 Å². The number of halogens is 5. The number of benzene rings is 1. The van der Waals surface area contributed by atoms with Crippen molar-refractivity contribution in [1.29, 1.82) is 0 Å². The molecule has 0 bridgehead atoms. The molecule has 0 fully saturated rings. The van der Waals surface area contributed by atoms with E-state index in [4.69, 9.17) is 34.8 Å². The van der Waals surface area contributed by atoms with Crippen LogP contribution in [0.1, 0.15) is 5.56 Å². The third-order valence-corrected chi connectivity index (χ3v) is 4.24. The van der Waals surface area contributed by atoms with E-state index in [9.17, 15) is 8.78 Å². The predicted octanol–water partition coefficient (Wildman–Crippen LogP) is 4.88. The monoisotopic (exact) mass is 290 g/mol. The van der Waals surface area contributed by atoms with Gasteiger partial charge in [0.2, 0.25) is 0 Å². The van der Waals surface area contributed by atoms with E-state index in [0.29, 0.717) is 11.8 Å². The van der Waals surface area contributed by atoms with Crippen LogP contribution in [-0.2, 0) is 5.75 Å². The molecule has 6 heteroatoms. The number of hydrogen-bond donors (Lipinski definition) is 0. The Morgan fingerprint density at radius 1 is 1.07 bits per heavy atom. The summed E-state index contributed by atoms with van der Waals surface area (Å²) >= 11 is 15.6. The largest absolute Gasteiger partial charge is 0.315 e. The molecule has 0 amide bonds. The quantitative estimate of drug-likeness (QED) is 0.712. The van der Waals surface area contributed by atoms with Crippen LogP contribution >= 0.6 is 46.6 Å². The van der Waals surface area contributed by atoms with Gasteiger partial charge in [-0.3, -0.25) is 0 Å². The van der Waals surface area contributed by atoms with Gasteiger partial charge in [0.1, 0.15) is 0 Å². The van der Waals surface area contributed by atoms with Gasteiger partial charge in [-0.1, -0.05) is 76.9 Å². The standard InChI is InChI=1S/C9H7Cl3F2S/c10-8(11,13)9(12,14)15-6-7-4-2-1-3-5-7/h1-5H,6H2. The molecule has 0 spiro atoms. The molecule has 0 saturated heterocycles. The lowest BCUT2D eigenvalue weighted by atomic mass is 10.2. The zero-order valence-corrected chi connectivity index (χ0v) is 10.5. The van der Waals surface area contributed by atoms with Crippen LogP contribution in [0, 0.1) is 0 Å². The smallest absolute Gasteiger partial charge is 0.207 e. The molecule has 0 heterocycles. The lowest BCUT2D eigenvalue weighted by molar-refractivity contribution is 0.240. The van der Waals surface area contributed by atoms with E-state index in [1.807, 2.05) is 6.07 Å². The maximum Gasteiger partial charge on any atom is 0.315 e. The lowest BCUT2D eigenvalue weighted by Gasteiger charge is -2.23. The van der Waals surface area contributed by atoms with Gasteiger partial charge in [-0.2, -0.15) is 0 Å². The van der Waals surface area contributed by atoms with E-state index in [1.54, 1.807) is 24.3 Å². The average molecular weight is 292 g/mol. The van der Waals surface area contributed by atoms with Crippen LogP contribution in [0.3, 0.4) is 0 Å². The molecule has 1 unspecified atom stereocenters. The molecule has 1 aromatic carbocycles. The fourth-order valence-corrected chi connectivity index (χ4v) is 2.03. The molecular formula is C9H7Cl3F2S. The first-order chi connectivity index (χ1) is 6.83. The molecule has 0 aliphatic heterocycles. The summed E-state index contributed by atoms with van der Waals surface area (Å²) in [5, 5.41) is 0. The molecule has 84 valence electrons. The molecule has 1 rings (SSSR count). The van der Waals surface area contributed by atoms with Crippen LogP contribution in [0.15, 0.2) is 30.3 Å². The van der Waals surface area contributed by atoms with Crippen molar-refractivity contribution in [1.82, 2.24) is 0 Å². The molecule has 15 heavy (non-hydrogen) atoms. The summed E-state index contributed by atoms with van der Waals surface area (Å²) in [6.45, 7) is 0. The highest BCUT2D eigenvalue weighted by atomic mass is 35.5. The lowest BCUT2D eigenvalue weighted by Crippen LogP contribution is -2.29. The van der Waals surface area contributed by atoms with E-state index in [1.165, 1.54) is 0 Å². The first-order valence-corrected chi connectivity index (χ1v) is 6.07. The van der Waals surface area contributed by atoms with E-state index in [0.717, 1.165) is 5.56 Å². The van der Waals surface area contributed by atoms with Gasteiger partial charge < -0.3 is 0 Å². The van der Waals surface area contributed by atoms with Gasteiger partial charge in [0.25, 0.3) is 4.46 Å². The summed E-state index contributed by atoms with van der Waals surface area (Å²) in [4.78, 5) is 0. The molecule has 1 atom stereocenters. The van der Waals surface area contributed by atoms with E-state index in [-0.39, 0.29) is 5.75 Å². The highest BCUT2D eigenvalue weighted by Crippen LogP contribution is 2.50. The predicted molar refractivity (Wildman–Crippen MR) is 63.0 cm³/mol. The van der Waals surface area contributed by atoms with Gasteiger partial charge >= 0.3 is 4.59 Å². The maximum absolute atomic E-state index is 13.4. The van der Waals surface area contributed by atoms with Gasteiger partial charge in [0, 0.05) is 5.75 Å². The molecule has 0 N–H and O–H groups in total. The van der Waals surface area contributed by atoms with Crippen LogP contribution in [0.4, 0.5) is 8.78 Å². The third kappa shape index (κ3) is 3.99. The summed E-state index contributed by atoms with van der Waals surface area (Å²) in [5.41, 5.74) is 0.808.